The van der Waals surface area contributed by atoms with E-state index in [1.165, 1.54) is 5.69 Å². The molecule has 128 valence electrons. The lowest BCUT2D eigenvalue weighted by Crippen LogP contribution is -2.07. The van der Waals surface area contributed by atoms with E-state index in [0.29, 0.717) is 6.61 Å². The number of nitrogens with zero attached hydrogens (tertiary/aromatic N) is 5. The van der Waals surface area contributed by atoms with Gasteiger partial charge in [-0.2, -0.15) is 0 Å². The van der Waals surface area contributed by atoms with E-state index in [1.54, 1.807) is 18.9 Å². The first kappa shape index (κ1) is 17.0. The van der Waals surface area contributed by atoms with Crippen molar-refractivity contribution in [2.45, 2.75) is 45.1 Å². The fourth-order valence-electron chi connectivity index (χ4n) is 2.71. The second kappa shape index (κ2) is 6.94. The van der Waals surface area contributed by atoms with E-state index >= 15 is 0 Å². The lowest BCUT2D eigenvalue weighted by molar-refractivity contribution is 0.184. The van der Waals surface area contributed by atoms with E-state index in [0.717, 1.165) is 46.0 Å². The van der Waals surface area contributed by atoms with Gasteiger partial charge in [-0.1, -0.05) is 11.8 Å². The Hall–Kier alpha value is -1.86. The SMILES string of the molecule is COCCn1c(SCc2cn3c(C)cc(C)nc3n2)nc(C)c1C. The summed E-state index contributed by atoms with van der Waals surface area (Å²) in [5.74, 6) is 1.53. The molecule has 24 heavy (non-hydrogen) atoms. The molecule has 3 aromatic heterocycles. The Morgan fingerprint density at radius 2 is 1.92 bits per heavy atom. The van der Waals surface area contributed by atoms with Crippen molar-refractivity contribution in [1.82, 2.24) is 23.9 Å². The highest BCUT2D eigenvalue weighted by Crippen LogP contribution is 2.24. The van der Waals surface area contributed by atoms with Crippen LogP contribution in [0.25, 0.3) is 5.78 Å². The minimum Gasteiger partial charge on any atom is -0.383 e. The molecular formula is C17H23N5OS. The number of rotatable bonds is 6. The third-order valence-electron chi connectivity index (χ3n) is 4.10. The lowest BCUT2D eigenvalue weighted by atomic mass is 10.3. The van der Waals surface area contributed by atoms with Crippen LogP contribution in [0.3, 0.4) is 0 Å². The molecule has 3 rings (SSSR count). The lowest BCUT2D eigenvalue weighted by Gasteiger charge is -2.08. The largest absolute Gasteiger partial charge is 0.383 e. The molecule has 0 atom stereocenters. The van der Waals surface area contributed by atoms with Crippen LogP contribution in [0.15, 0.2) is 17.4 Å². The minimum absolute atomic E-state index is 0.682. The van der Waals surface area contributed by atoms with Gasteiger partial charge in [0.05, 0.1) is 18.0 Å². The molecule has 0 N–H and O–H groups in total. The van der Waals surface area contributed by atoms with Crippen molar-refractivity contribution in [3.05, 3.63) is 40.7 Å². The van der Waals surface area contributed by atoms with E-state index in [2.05, 4.69) is 45.6 Å². The Morgan fingerprint density at radius 3 is 2.67 bits per heavy atom. The number of methoxy groups -OCH3 is 1. The first-order chi connectivity index (χ1) is 11.5. The summed E-state index contributed by atoms with van der Waals surface area (Å²) in [5.41, 5.74) is 5.41. The molecule has 0 spiro atoms. The predicted octanol–water partition coefficient (Wildman–Crippen LogP) is 3.10. The highest BCUT2D eigenvalue weighted by Gasteiger charge is 2.13. The normalized spacial score (nSPS) is 11.5. The number of hydrogen-bond donors (Lipinski definition) is 0. The monoisotopic (exact) mass is 345 g/mol. The maximum absolute atomic E-state index is 5.21. The highest BCUT2D eigenvalue weighted by molar-refractivity contribution is 7.98. The number of fused-ring (bicyclic) bond motifs is 1. The summed E-state index contributed by atoms with van der Waals surface area (Å²) >= 11 is 1.70. The summed E-state index contributed by atoms with van der Waals surface area (Å²) in [6.07, 6.45) is 2.06. The Bertz CT molecular complexity index is 868. The number of imidazole rings is 2. The Labute approximate surface area is 146 Å². The van der Waals surface area contributed by atoms with Crippen LogP contribution in [0, 0.1) is 27.7 Å². The smallest absolute Gasteiger partial charge is 0.234 e. The summed E-state index contributed by atoms with van der Waals surface area (Å²) in [6, 6.07) is 2.07. The molecule has 0 saturated heterocycles. The molecule has 3 aromatic rings. The molecule has 0 amide bonds. The number of aromatic nitrogens is 5. The third-order valence-corrected chi connectivity index (χ3v) is 5.11. The van der Waals surface area contributed by atoms with Crippen LogP contribution in [0.5, 0.6) is 0 Å². The van der Waals surface area contributed by atoms with Crippen molar-refractivity contribution >= 4 is 17.5 Å². The molecule has 0 aliphatic heterocycles. The van der Waals surface area contributed by atoms with Gasteiger partial charge in [-0.3, -0.25) is 4.40 Å². The van der Waals surface area contributed by atoms with Crippen molar-refractivity contribution < 1.29 is 4.74 Å². The maximum atomic E-state index is 5.21. The minimum atomic E-state index is 0.682. The molecule has 0 aliphatic rings. The van der Waals surface area contributed by atoms with Gasteiger partial charge in [0.15, 0.2) is 5.16 Å². The van der Waals surface area contributed by atoms with Crippen LogP contribution in [0.2, 0.25) is 0 Å². The van der Waals surface area contributed by atoms with E-state index in [-0.39, 0.29) is 0 Å². The fourth-order valence-corrected chi connectivity index (χ4v) is 3.71. The van der Waals surface area contributed by atoms with Crippen LogP contribution in [0.1, 0.15) is 28.5 Å². The van der Waals surface area contributed by atoms with E-state index < -0.39 is 0 Å². The van der Waals surface area contributed by atoms with Crippen LogP contribution in [-0.4, -0.2) is 37.6 Å². The van der Waals surface area contributed by atoms with Gasteiger partial charge in [-0.05, 0) is 33.8 Å². The Morgan fingerprint density at radius 1 is 1.12 bits per heavy atom. The van der Waals surface area contributed by atoms with Gasteiger partial charge in [-0.15, -0.1) is 0 Å². The number of thioether (sulfide) groups is 1. The van der Waals surface area contributed by atoms with Crippen LogP contribution in [0.4, 0.5) is 0 Å². The zero-order valence-electron chi connectivity index (χ0n) is 14.8. The van der Waals surface area contributed by atoms with Crippen LogP contribution < -0.4 is 0 Å². The molecular weight excluding hydrogens is 322 g/mol. The second-order valence-corrected chi connectivity index (χ2v) is 6.88. The second-order valence-electron chi connectivity index (χ2n) is 5.94. The van der Waals surface area contributed by atoms with Gasteiger partial charge in [0.2, 0.25) is 5.78 Å². The highest BCUT2D eigenvalue weighted by atomic mass is 32.2. The molecule has 0 radical (unpaired) electrons. The molecule has 0 aliphatic carbocycles. The Kier molecular flexibility index (Phi) is 4.91. The molecule has 0 fully saturated rings. The Balaban J connectivity index is 1.81. The molecule has 6 nitrogen and oxygen atoms in total. The number of hydrogen-bond acceptors (Lipinski definition) is 5. The van der Waals surface area contributed by atoms with Crippen LogP contribution in [-0.2, 0) is 17.0 Å². The molecule has 3 heterocycles. The molecule has 0 saturated carbocycles. The molecule has 0 aromatic carbocycles. The van der Waals surface area contributed by atoms with Gasteiger partial charge < -0.3 is 9.30 Å². The fraction of sp³-hybridized carbons (Fsp3) is 0.471. The van der Waals surface area contributed by atoms with Gasteiger partial charge in [0.25, 0.3) is 0 Å². The topological polar surface area (TPSA) is 57.2 Å². The van der Waals surface area contributed by atoms with Crippen molar-refractivity contribution in [2.75, 3.05) is 13.7 Å². The van der Waals surface area contributed by atoms with Crippen molar-refractivity contribution in [2.24, 2.45) is 0 Å². The quantitative estimate of drug-likeness (QED) is 0.643. The standard InChI is InChI=1S/C17H23N5OS/c1-11-8-12(2)22-9-15(20-16(22)18-11)10-24-17-19-13(3)14(4)21(17)6-7-23-5/h8-9H,6-7,10H2,1-5H3. The predicted molar refractivity (Wildman–Crippen MR) is 95.6 cm³/mol. The van der Waals surface area contributed by atoms with E-state index in [4.69, 9.17) is 4.74 Å². The summed E-state index contributed by atoms with van der Waals surface area (Å²) in [4.78, 5) is 13.8. The van der Waals surface area contributed by atoms with E-state index in [1.807, 2.05) is 18.2 Å². The molecule has 0 unspecified atom stereocenters. The van der Waals surface area contributed by atoms with Crippen molar-refractivity contribution in [3.63, 3.8) is 0 Å². The van der Waals surface area contributed by atoms with Crippen LogP contribution >= 0.6 is 11.8 Å². The van der Waals surface area contributed by atoms with E-state index in [9.17, 15) is 0 Å². The first-order valence-corrected chi connectivity index (χ1v) is 8.96. The zero-order chi connectivity index (χ0) is 17.3. The summed E-state index contributed by atoms with van der Waals surface area (Å²) in [6.45, 7) is 9.71. The first-order valence-electron chi connectivity index (χ1n) is 7.97. The number of aryl methyl sites for hydroxylation is 3. The van der Waals surface area contributed by atoms with Crippen molar-refractivity contribution in [3.8, 4) is 0 Å². The van der Waals surface area contributed by atoms with Crippen molar-refractivity contribution in [1.29, 1.82) is 0 Å². The molecule has 0 bridgehead atoms. The average molecular weight is 345 g/mol. The summed E-state index contributed by atoms with van der Waals surface area (Å²) in [7, 11) is 1.72. The van der Waals surface area contributed by atoms with Gasteiger partial charge in [0, 0.05) is 42.7 Å². The average Bonchev–Trinajstić information content (AvgIpc) is 3.05. The molecule has 7 heteroatoms. The van der Waals surface area contributed by atoms with Gasteiger partial charge >= 0.3 is 0 Å². The number of ether oxygens (including phenoxy) is 1. The summed E-state index contributed by atoms with van der Waals surface area (Å²) < 4.78 is 9.46. The van der Waals surface area contributed by atoms with Gasteiger partial charge in [0.1, 0.15) is 0 Å². The van der Waals surface area contributed by atoms with Gasteiger partial charge in [-0.25, -0.2) is 15.0 Å². The summed E-state index contributed by atoms with van der Waals surface area (Å²) in [5, 5.41) is 1.01. The maximum Gasteiger partial charge on any atom is 0.234 e. The third kappa shape index (κ3) is 3.32. The zero-order valence-corrected chi connectivity index (χ0v) is 15.6.